The quantitative estimate of drug-likeness (QED) is 0.522. The average Bonchev–Trinajstić information content (AvgIpc) is 2.47. The van der Waals surface area contributed by atoms with E-state index >= 15 is 0 Å². The van der Waals surface area contributed by atoms with Gasteiger partial charge in [0.05, 0.1) is 0 Å². The van der Waals surface area contributed by atoms with E-state index in [1.54, 1.807) is 25.3 Å². The van der Waals surface area contributed by atoms with Gasteiger partial charge in [-0.25, -0.2) is 4.79 Å². The number of esters is 2. The molecule has 5 nitrogen and oxygen atoms in total. The van der Waals surface area contributed by atoms with Crippen molar-refractivity contribution in [3.8, 4) is 0 Å². The van der Waals surface area contributed by atoms with Crippen molar-refractivity contribution in [1.29, 1.82) is 0 Å². The summed E-state index contributed by atoms with van der Waals surface area (Å²) in [6, 6.07) is -0.463. The van der Waals surface area contributed by atoms with Crippen LogP contribution in [0.3, 0.4) is 0 Å². The second-order valence-corrected chi connectivity index (χ2v) is 6.47. The van der Waals surface area contributed by atoms with Gasteiger partial charge in [0.1, 0.15) is 12.6 Å². The van der Waals surface area contributed by atoms with Gasteiger partial charge in [0, 0.05) is 0 Å². The van der Waals surface area contributed by atoms with Crippen molar-refractivity contribution in [2.24, 2.45) is 5.41 Å². The van der Waals surface area contributed by atoms with E-state index in [2.05, 4.69) is 18.5 Å². The lowest BCUT2D eigenvalue weighted by Gasteiger charge is -2.25. The van der Waals surface area contributed by atoms with Crippen LogP contribution in [-0.2, 0) is 19.1 Å². The van der Waals surface area contributed by atoms with Crippen LogP contribution in [0.15, 0.2) is 37.0 Å². The SMILES string of the molecule is C=C/C=C(\C=C)COC(=O)[C@@H](C)OC(=O)[C@H](CC(C)(C)C)NC. The Morgan fingerprint density at radius 3 is 2.26 bits per heavy atom. The van der Waals surface area contributed by atoms with Crippen molar-refractivity contribution in [2.75, 3.05) is 13.7 Å². The zero-order valence-electron chi connectivity index (χ0n) is 14.8. The van der Waals surface area contributed by atoms with Crippen LogP contribution in [-0.4, -0.2) is 37.7 Å². The molecule has 0 aliphatic rings. The predicted molar refractivity (Wildman–Crippen MR) is 91.9 cm³/mol. The largest absolute Gasteiger partial charge is 0.458 e. The van der Waals surface area contributed by atoms with Crippen molar-refractivity contribution < 1.29 is 19.1 Å². The molecule has 2 atom stereocenters. The van der Waals surface area contributed by atoms with E-state index in [1.165, 1.54) is 6.92 Å². The minimum absolute atomic E-state index is 0.0369. The summed E-state index contributed by atoms with van der Waals surface area (Å²) < 4.78 is 10.3. The topological polar surface area (TPSA) is 64.6 Å². The van der Waals surface area contributed by atoms with Gasteiger partial charge < -0.3 is 14.8 Å². The summed E-state index contributed by atoms with van der Waals surface area (Å²) >= 11 is 0. The van der Waals surface area contributed by atoms with E-state index in [9.17, 15) is 9.59 Å². The van der Waals surface area contributed by atoms with Gasteiger partial charge in [-0.15, -0.1) is 0 Å². The molecule has 0 aromatic rings. The highest BCUT2D eigenvalue weighted by Gasteiger charge is 2.28. The number of ether oxygens (including phenoxy) is 2. The van der Waals surface area contributed by atoms with Gasteiger partial charge in [0.25, 0.3) is 0 Å². The van der Waals surface area contributed by atoms with Crippen molar-refractivity contribution >= 4 is 11.9 Å². The van der Waals surface area contributed by atoms with Crippen LogP contribution in [0.4, 0.5) is 0 Å². The Labute approximate surface area is 139 Å². The van der Waals surface area contributed by atoms with E-state index in [0.717, 1.165) is 0 Å². The van der Waals surface area contributed by atoms with Crippen molar-refractivity contribution in [3.63, 3.8) is 0 Å². The third-order valence-electron chi connectivity index (χ3n) is 3.05. The molecule has 5 heteroatoms. The minimum atomic E-state index is -0.965. The summed E-state index contributed by atoms with van der Waals surface area (Å²) in [6.07, 6.45) is 4.49. The van der Waals surface area contributed by atoms with E-state index in [-0.39, 0.29) is 12.0 Å². The van der Waals surface area contributed by atoms with Crippen LogP contribution in [0.1, 0.15) is 34.1 Å². The molecule has 0 unspecified atom stereocenters. The fraction of sp³-hybridized carbons (Fsp3) is 0.556. The smallest absolute Gasteiger partial charge is 0.347 e. The van der Waals surface area contributed by atoms with Crippen LogP contribution < -0.4 is 5.32 Å². The first kappa shape index (κ1) is 21.1. The van der Waals surface area contributed by atoms with E-state index < -0.39 is 24.1 Å². The number of hydrogen-bond acceptors (Lipinski definition) is 5. The Morgan fingerprint density at radius 2 is 1.83 bits per heavy atom. The molecular formula is C18H29NO4. The summed E-state index contributed by atoms with van der Waals surface area (Å²) in [4.78, 5) is 24.0. The van der Waals surface area contributed by atoms with Gasteiger partial charge in [-0.05, 0) is 31.4 Å². The molecule has 23 heavy (non-hydrogen) atoms. The van der Waals surface area contributed by atoms with Crippen molar-refractivity contribution in [3.05, 3.63) is 37.0 Å². The molecule has 0 saturated heterocycles. The fourth-order valence-corrected chi connectivity index (χ4v) is 1.82. The molecule has 0 aromatic heterocycles. The van der Waals surface area contributed by atoms with Crippen LogP contribution in [0, 0.1) is 5.41 Å². The first-order valence-electron chi connectivity index (χ1n) is 7.63. The normalized spacial score (nSPS) is 14.6. The number of hydrogen-bond donors (Lipinski definition) is 1. The third kappa shape index (κ3) is 8.98. The molecule has 0 fully saturated rings. The maximum absolute atomic E-state index is 12.1. The van der Waals surface area contributed by atoms with E-state index in [1.807, 2.05) is 20.8 Å². The zero-order chi connectivity index (χ0) is 18.0. The third-order valence-corrected chi connectivity index (χ3v) is 3.05. The molecule has 0 amide bonds. The Bertz CT molecular complexity index is 460. The lowest BCUT2D eigenvalue weighted by atomic mass is 9.88. The minimum Gasteiger partial charge on any atom is -0.458 e. The Balaban J connectivity index is 4.55. The molecule has 0 bridgehead atoms. The molecule has 0 radical (unpaired) electrons. The lowest BCUT2D eigenvalue weighted by molar-refractivity contribution is -0.167. The molecule has 1 N–H and O–H groups in total. The molecule has 0 rings (SSSR count). The average molecular weight is 323 g/mol. The molecule has 0 aromatic carbocycles. The molecule has 0 spiro atoms. The lowest BCUT2D eigenvalue weighted by Crippen LogP contribution is -2.41. The molecular weight excluding hydrogens is 294 g/mol. The maximum Gasteiger partial charge on any atom is 0.347 e. The van der Waals surface area contributed by atoms with Crippen molar-refractivity contribution in [1.82, 2.24) is 5.32 Å². The summed E-state index contributed by atoms with van der Waals surface area (Å²) in [5.41, 5.74) is 0.679. The van der Waals surface area contributed by atoms with E-state index in [4.69, 9.17) is 9.47 Å². The summed E-state index contributed by atoms with van der Waals surface area (Å²) in [6.45, 7) is 14.8. The van der Waals surface area contributed by atoms with Gasteiger partial charge in [0.2, 0.25) is 0 Å². The van der Waals surface area contributed by atoms with E-state index in [0.29, 0.717) is 12.0 Å². The number of carbonyl (C=O) groups excluding carboxylic acids is 2. The van der Waals surface area contributed by atoms with Gasteiger partial charge in [-0.2, -0.15) is 0 Å². The molecule has 0 aliphatic heterocycles. The number of allylic oxidation sites excluding steroid dienone is 2. The molecule has 0 saturated carbocycles. The monoisotopic (exact) mass is 323 g/mol. The highest BCUT2D eigenvalue weighted by Crippen LogP contribution is 2.21. The fourth-order valence-electron chi connectivity index (χ4n) is 1.82. The number of nitrogens with one attached hydrogen (secondary N) is 1. The summed E-state index contributed by atoms with van der Waals surface area (Å²) in [7, 11) is 1.69. The Hall–Kier alpha value is -1.88. The van der Waals surface area contributed by atoms with Gasteiger partial charge in [-0.1, -0.05) is 52.2 Å². The van der Waals surface area contributed by atoms with Gasteiger partial charge >= 0.3 is 11.9 Å². The number of carbonyl (C=O) groups is 2. The number of likely N-dealkylation sites (N-methyl/N-ethyl adjacent to an activating group) is 1. The van der Waals surface area contributed by atoms with Crippen molar-refractivity contribution in [2.45, 2.75) is 46.3 Å². The highest BCUT2D eigenvalue weighted by atomic mass is 16.6. The van der Waals surface area contributed by atoms with Crippen LogP contribution in [0.25, 0.3) is 0 Å². The number of rotatable bonds is 9. The standard InChI is InChI=1S/C18H29NO4/c1-8-10-14(9-2)12-22-16(20)13(3)23-17(21)15(19-7)11-18(4,5)6/h8-10,13,15,19H,1-2,11-12H2,3-7H3/b14-10+/t13-,15+/m1/s1. The highest BCUT2D eigenvalue weighted by molar-refractivity contribution is 5.81. The van der Waals surface area contributed by atoms with Crippen LogP contribution in [0.5, 0.6) is 0 Å². The Kier molecular flexibility index (Phi) is 9.18. The van der Waals surface area contributed by atoms with Gasteiger partial charge in [-0.3, -0.25) is 4.79 Å². The molecule has 130 valence electrons. The zero-order valence-corrected chi connectivity index (χ0v) is 14.8. The predicted octanol–water partition coefficient (Wildman–Crippen LogP) is 2.78. The van der Waals surface area contributed by atoms with Crippen LogP contribution >= 0.6 is 0 Å². The first-order valence-corrected chi connectivity index (χ1v) is 7.63. The van der Waals surface area contributed by atoms with Gasteiger partial charge in [0.15, 0.2) is 6.10 Å². The second kappa shape index (κ2) is 10.0. The second-order valence-electron chi connectivity index (χ2n) is 6.47. The Morgan fingerprint density at radius 1 is 1.22 bits per heavy atom. The summed E-state index contributed by atoms with van der Waals surface area (Å²) in [5.74, 6) is -1.06. The van der Waals surface area contributed by atoms with Crippen LogP contribution in [0.2, 0.25) is 0 Å². The molecule has 0 aliphatic carbocycles. The molecule has 0 heterocycles. The summed E-state index contributed by atoms with van der Waals surface area (Å²) in [5, 5.41) is 2.92. The maximum atomic E-state index is 12.1. The first-order chi connectivity index (χ1) is 10.6.